The van der Waals surface area contributed by atoms with Crippen LogP contribution in [0.3, 0.4) is 0 Å². The molecule has 2 aromatic rings. The van der Waals surface area contributed by atoms with E-state index in [0.717, 1.165) is 23.5 Å². The predicted octanol–water partition coefficient (Wildman–Crippen LogP) is 4.34. The van der Waals surface area contributed by atoms with Gasteiger partial charge in [0.2, 0.25) is 5.02 Å². The Labute approximate surface area is 167 Å². The lowest BCUT2D eigenvalue weighted by Gasteiger charge is -2.30. The molecule has 0 aliphatic carbocycles. The Morgan fingerprint density at radius 1 is 1.19 bits per heavy atom. The minimum atomic E-state index is -0.964. The summed E-state index contributed by atoms with van der Waals surface area (Å²) in [5, 5.41) is 5.49. The van der Waals surface area contributed by atoms with Gasteiger partial charge in [-0.25, -0.2) is 0 Å². The highest BCUT2D eigenvalue weighted by atomic mass is 35.5. The van der Waals surface area contributed by atoms with Gasteiger partial charge in [0.1, 0.15) is 11.5 Å². The molecule has 1 aromatic carbocycles. The van der Waals surface area contributed by atoms with Crippen LogP contribution < -0.4 is 4.74 Å². The molecule has 1 unspecified atom stereocenters. The van der Waals surface area contributed by atoms with Gasteiger partial charge >= 0.3 is 0 Å². The van der Waals surface area contributed by atoms with Gasteiger partial charge in [-0.1, -0.05) is 46.6 Å². The zero-order chi connectivity index (χ0) is 18.4. The number of hydrogen-bond donors (Lipinski definition) is 0. The molecule has 140 valence electrons. The topological polar surface area (TPSA) is 43.3 Å². The quantitative estimate of drug-likeness (QED) is 0.384. The van der Waals surface area contributed by atoms with Crippen molar-refractivity contribution >= 4 is 40.3 Å². The second kappa shape index (κ2) is 9.58. The van der Waals surface area contributed by atoms with Crippen LogP contribution in [0.15, 0.2) is 46.9 Å². The summed E-state index contributed by atoms with van der Waals surface area (Å²) in [4.78, 5) is 8.98. The van der Waals surface area contributed by atoms with Crippen molar-refractivity contribution in [3.63, 3.8) is 0 Å². The second-order valence-corrected chi connectivity index (χ2v) is 7.61. The molecule has 1 aliphatic rings. The van der Waals surface area contributed by atoms with Crippen LogP contribution in [0.4, 0.5) is 0 Å². The minimum absolute atomic E-state index is 0.157. The van der Waals surface area contributed by atoms with Gasteiger partial charge in [0.25, 0.3) is 0 Å². The third-order valence-electron chi connectivity index (χ3n) is 3.97. The van der Waals surface area contributed by atoms with E-state index in [1.807, 2.05) is 48.7 Å². The summed E-state index contributed by atoms with van der Waals surface area (Å²) in [5.41, 5.74) is 1.46. The summed E-state index contributed by atoms with van der Waals surface area (Å²) in [7, 11) is 0. The first-order chi connectivity index (χ1) is 12.6. The largest absolute Gasteiger partial charge is 0.460 e. The molecule has 5 nitrogen and oxygen atoms in total. The van der Waals surface area contributed by atoms with E-state index >= 15 is 0 Å². The van der Waals surface area contributed by atoms with Gasteiger partial charge in [0.05, 0.1) is 18.1 Å². The number of halogens is 2. The highest BCUT2D eigenvalue weighted by Gasteiger charge is 2.20. The number of thiophene rings is 1. The van der Waals surface area contributed by atoms with Gasteiger partial charge in [-0.05, 0) is 30.5 Å². The van der Waals surface area contributed by atoms with Crippen molar-refractivity contribution in [3.8, 4) is 5.75 Å². The Hall–Kier alpha value is -1.31. The summed E-state index contributed by atoms with van der Waals surface area (Å²) in [6.45, 7) is 5.05. The van der Waals surface area contributed by atoms with Gasteiger partial charge in [-0.15, -0.1) is 11.3 Å². The fourth-order valence-electron chi connectivity index (χ4n) is 2.64. The summed E-state index contributed by atoms with van der Waals surface area (Å²) < 4.78 is 10.9. The number of rotatable bonds is 7. The molecule has 1 atom stereocenters. The highest BCUT2D eigenvalue weighted by molar-refractivity contribution is 7.12. The Balaban J connectivity index is 1.87. The summed E-state index contributed by atoms with van der Waals surface area (Å²) >= 11 is 13.2. The lowest BCUT2D eigenvalue weighted by molar-refractivity contribution is -0.0855. The summed E-state index contributed by atoms with van der Waals surface area (Å²) in [6.07, 6.45) is -0.157. The van der Waals surface area contributed by atoms with E-state index in [0.29, 0.717) is 24.7 Å². The van der Waals surface area contributed by atoms with Crippen LogP contribution in [0.2, 0.25) is 0 Å². The van der Waals surface area contributed by atoms with Gasteiger partial charge in [-0.3, -0.25) is 4.90 Å². The Morgan fingerprint density at radius 2 is 1.96 bits per heavy atom. The van der Waals surface area contributed by atoms with E-state index in [-0.39, 0.29) is 6.23 Å². The summed E-state index contributed by atoms with van der Waals surface area (Å²) in [5.74, 6) is 0.553. The van der Waals surface area contributed by atoms with E-state index in [4.69, 9.17) is 37.5 Å². The van der Waals surface area contributed by atoms with Crippen molar-refractivity contribution in [2.45, 2.75) is 18.2 Å². The van der Waals surface area contributed by atoms with Gasteiger partial charge in [0, 0.05) is 18.7 Å². The zero-order valence-electron chi connectivity index (χ0n) is 14.3. The molecule has 0 saturated carbocycles. The average Bonchev–Trinajstić information content (AvgIpc) is 3.18. The number of nitrogens with zero attached hydrogens (tertiary/aromatic N) is 2. The van der Waals surface area contributed by atoms with Crippen molar-refractivity contribution in [3.05, 3.63) is 52.2 Å². The van der Waals surface area contributed by atoms with Crippen LogP contribution in [0.25, 0.3) is 0 Å². The number of oxime groups is 1. The monoisotopic (exact) mass is 414 g/mol. The standard InChI is InChI=1S/C18H20Cl2N2O3S/c1-13(22-8-10-23-11-9-22)25-21-17(16-7-4-12-26-16)14-5-2-3-6-15(14)24-18(19)20/h2-7,12-13,18H,8-11H2,1H3/b21-17-. The van der Waals surface area contributed by atoms with Gasteiger partial charge in [0.15, 0.2) is 6.23 Å². The van der Waals surface area contributed by atoms with Crippen molar-refractivity contribution in [1.29, 1.82) is 0 Å². The van der Waals surface area contributed by atoms with Crippen molar-refractivity contribution in [2.24, 2.45) is 5.16 Å². The fraction of sp³-hybridized carbons (Fsp3) is 0.389. The minimum Gasteiger partial charge on any atom is -0.460 e. The van der Waals surface area contributed by atoms with Gasteiger partial charge < -0.3 is 14.3 Å². The van der Waals surface area contributed by atoms with Crippen molar-refractivity contribution < 1.29 is 14.3 Å². The molecule has 0 radical (unpaired) electrons. The van der Waals surface area contributed by atoms with Crippen LogP contribution >= 0.6 is 34.5 Å². The number of para-hydroxylation sites is 1. The van der Waals surface area contributed by atoms with Crippen LogP contribution in [0.5, 0.6) is 5.75 Å². The number of morpholine rings is 1. The third-order valence-corrected chi connectivity index (χ3v) is 5.02. The molecule has 0 N–H and O–H groups in total. The molecule has 0 amide bonds. The molecule has 1 aliphatic heterocycles. The first-order valence-electron chi connectivity index (χ1n) is 8.29. The molecule has 1 fully saturated rings. The molecular weight excluding hydrogens is 395 g/mol. The molecule has 0 bridgehead atoms. The molecular formula is C18H20Cl2N2O3S. The van der Waals surface area contributed by atoms with E-state index in [2.05, 4.69) is 10.1 Å². The van der Waals surface area contributed by atoms with Crippen molar-refractivity contribution in [2.75, 3.05) is 26.3 Å². The zero-order valence-corrected chi connectivity index (χ0v) is 16.6. The maximum Gasteiger partial charge on any atom is 0.247 e. The van der Waals surface area contributed by atoms with Crippen LogP contribution in [-0.2, 0) is 9.57 Å². The van der Waals surface area contributed by atoms with E-state index < -0.39 is 5.02 Å². The first-order valence-corrected chi connectivity index (χ1v) is 10.0. The van der Waals surface area contributed by atoms with Crippen LogP contribution in [0.1, 0.15) is 17.4 Å². The predicted molar refractivity (Wildman–Crippen MR) is 105 cm³/mol. The third kappa shape index (κ3) is 5.11. The molecule has 0 spiro atoms. The van der Waals surface area contributed by atoms with E-state index in [1.54, 1.807) is 11.3 Å². The normalized spacial score (nSPS) is 17.3. The highest BCUT2D eigenvalue weighted by Crippen LogP contribution is 2.27. The molecule has 3 rings (SSSR count). The molecule has 8 heteroatoms. The fourth-order valence-corrected chi connectivity index (χ4v) is 3.55. The van der Waals surface area contributed by atoms with Gasteiger partial charge in [-0.2, -0.15) is 0 Å². The van der Waals surface area contributed by atoms with Crippen molar-refractivity contribution in [1.82, 2.24) is 4.90 Å². The van der Waals surface area contributed by atoms with Crippen LogP contribution in [0, 0.1) is 0 Å². The lowest BCUT2D eigenvalue weighted by Crippen LogP contribution is -2.42. The number of alkyl halides is 2. The maximum atomic E-state index is 5.83. The molecule has 1 aromatic heterocycles. The van der Waals surface area contributed by atoms with Crippen LogP contribution in [-0.4, -0.2) is 48.2 Å². The smallest absolute Gasteiger partial charge is 0.247 e. The Morgan fingerprint density at radius 3 is 2.65 bits per heavy atom. The average molecular weight is 415 g/mol. The number of hydrogen-bond acceptors (Lipinski definition) is 6. The Kier molecular flexibility index (Phi) is 7.16. The number of benzene rings is 1. The SMILES string of the molecule is CC(O/N=C(\c1cccs1)c1ccccc1OC(Cl)Cl)N1CCOCC1. The number of ether oxygens (including phenoxy) is 2. The summed E-state index contributed by atoms with van der Waals surface area (Å²) in [6, 6.07) is 11.4. The molecule has 1 saturated heterocycles. The van der Waals surface area contributed by atoms with E-state index in [9.17, 15) is 0 Å². The first kappa shape index (κ1) is 19.5. The second-order valence-electron chi connectivity index (χ2n) is 5.64. The lowest BCUT2D eigenvalue weighted by atomic mass is 10.1. The molecule has 26 heavy (non-hydrogen) atoms. The van der Waals surface area contributed by atoms with E-state index in [1.165, 1.54) is 0 Å². The Bertz CT molecular complexity index is 719. The molecule has 2 heterocycles. The maximum absolute atomic E-state index is 5.83.